The topological polar surface area (TPSA) is 61.4 Å². The second kappa shape index (κ2) is 6.32. The number of sulfonamides is 1. The highest BCUT2D eigenvalue weighted by Gasteiger charge is 2.24. The van der Waals surface area contributed by atoms with E-state index in [1.807, 2.05) is 0 Å². The van der Waals surface area contributed by atoms with E-state index in [0.29, 0.717) is 0 Å². The lowest BCUT2D eigenvalue weighted by Gasteiger charge is -2.36. The Balaban J connectivity index is 1.79. The van der Waals surface area contributed by atoms with Crippen LogP contribution in [0.4, 0.5) is 0 Å². The minimum atomic E-state index is -3.07. The number of rotatable bonds is 4. The number of nitrogens with one attached hydrogen (secondary N) is 2. The molecule has 0 radical (unpaired) electrons. The fourth-order valence-electron chi connectivity index (χ4n) is 3.05. The fraction of sp³-hybridized carbons (Fsp3) is 1.00. The molecule has 0 aromatic heterocycles. The third-order valence-electron chi connectivity index (χ3n) is 3.86. The highest BCUT2D eigenvalue weighted by Crippen LogP contribution is 2.17. The molecule has 5 nitrogen and oxygen atoms in total. The molecule has 2 fully saturated rings. The molecule has 2 N–H and O–H groups in total. The Kier molecular flexibility index (Phi) is 5.00. The molecule has 0 aliphatic carbocycles. The summed E-state index contributed by atoms with van der Waals surface area (Å²) in [6.07, 6.45) is 5.81. The van der Waals surface area contributed by atoms with Gasteiger partial charge in [0.2, 0.25) is 10.0 Å². The highest BCUT2D eigenvalue weighted by atomic mass is 32.2. The van der Waals surface area contributed by atoms with Crippen molar-refractivity contribution < 1.29 is 8.42 Å². The van der Waals surface area contributed by atoms with Gasteiger partial charge in [-0.1, -0.05) is 0 Å². The zero-order valence-corrected chi connectivity index (χ0v) is 12.0. The van der Waals surface area contributed by atoms with Crippen molar-refractivity contribution >= 4 is 10.0 Å². The predicted octanol–water partition coefficient (Wildman–Crippen LogP) is -0.000400. The normalized spacial score (nSPS) is 28.4. The van der Waals surface area contributed by atoms with Crippen LogP contribution in [-0.4, -0.2) is 58.3 Å². The molecule has 2 saturated heterocycles. The molecule has 1 atom stereocenters. The van der Waals surface area contributed by atoms with Crippen molar-refractivity contribution in [3.8, 4) is 0 Å². The van der Waals surface area contributed by atoms with Crippen LogP contribution in [0.5, 0.6) is 0 Å². The first-order valence-electron chi connectivity index (χ1n) is 6.93. The Bertz CT molecular complexity index is 352. The molecule has 0 spiro atoms. The highest BCUT2D eigenvalue weighted by molar-refractivity contribution is 7.88. The lowest BCUT2D eigenvalue weighted by atomic mass is 9.96. The molecular weight excluding hydrogens is 250 g/mol. The van der Waals surface area contributed by atoms with Gasteiger partial charge in [-0.25, -0.2) is 13.1 Å². The van der Waals surface area contributed by atoms with Crippen molar-refractivity contribution in [2.75, 3.05) is 39.0 Å². The van der Waals surface area contributed by atoms with Gasteiger partial charge in [0, 0.05) is 19.1 Å². The number of piperidine rings is 2. The Morgan fingerprint density at radius 2 is 2.00 bits per heavy atom. The van der Waals surface area contributed by atoms with Gasteiger partial charge < -0.3 is 10.2 Å². The SMILES string of the molecule is CS(=O)(=O)NC1CCCN(CC2CCNCC2)C1. The zero-order chi connectivity index (χ0) is 13.0. The van der Waals surface area contributed by atoms with Gasteiger partial charge in [0.15, 0.2) is 0 Å². The molecule has 2 heterocycles. The minimum Gasteiger partial charge on any atom is -0.317 e. The summed E-state index contributed by atoms with van der Waals surface area (Å²) < 4.78 is 25.3. The van der Waals surface area contributed by atoms with Crippen molar-refractivity contribution in [1.82, 2.24) is 14.9 Å². The van der Waals surface area contributed by atoms with Gasteiger partial charge in [-0.15, -0.1) is 0 Å². The summed E-state index contributed by atoms with van der Waals surface area (Å²) in [5.74, 6) is 0.781. The Morgan fingerprint density at radius 1 is 1.28 bits per heavy atom. The van der Waals surface area contributed by atoms with Gasteiger partial charge in [-0.05, 0) is 51.2 Å². The third kappa shape index (κ3) is 4.84. The first kappa shape index (κ1) is 14.2. The average Bonchev–Trinajstić information content (AvgIpc) is 2.28. The van der Waals surface area contributed by atoms with E-state index in [1.54, 1.807) is 0 Å². The maximum Gasteiger partial charge on any atom is 0.208 e. The summed E-state index contributed by atoms with van der Waals surface area (Å²) in [4.78, 5) is 2.43. The maximum atomic E-state index is 11.3. The van der Waals surface area contributed by atoms with E-state index in [0.717, 1.165) is 51.5 Å². The Labute approximate surface area is 110 Å². The van der Waals surface area contributed by atoms with E-state index < -0.39 is 10.0 Å². The van der Waals surface area contributed by atoms with Crippen molar-refractivity contribution in [3.63, 3.8) is 0 Å². The maximum absolute atomic E-state index is 11.3. The average molecular weight is 275 g/mol. The van der Waals surface area contributed by atoms with Crippen molar-refractivity contribution in [2.45, 2.75) is 31.7 Å². The molecule has 0 aromatic carbocycles. The van der Waals surface area contributed by atoms with Gasteiger partial charge in [0.25, 0.3) is 0 Å². The molecule has 6 heteroatoms. The van der Waals surface area contributed by atoms with Gasteiger partial charge >= 0.3 is 0 Å². The largest absolute Gasteiger partial charge is 0.317 e. The standard InChI is InChI=1S/C12H25N3O2S/c1-18(16,17)14-12-3-2-8-15(10-12)9-11-4-6-13-7-5-11/h11-14H,2-10H2,1H3. The molecule has 2 aliphatic heterocycles. The second-order valence-corrected chi connectivity index (χ2v) is 7.46. The summed E-state index contributed by atoms with van der Waals surface area (Å²) in [5.41, 5.74) is 0. The molecule has 106 valence electrons. The molecule has 0 saturated carbocycles. The van der Waals surface area contributed by atoms with Crippen LogP contribution in [0.15, 0.2) is 0 Å². The molecular formula is C12H25N3O2S. The lowest BCUT2D eigenvalue weighted by Crippen LogP contribution is -2.49. The van der Waals surface area contributed by atoms with Crippen molar-refractivity contribution in [2.24, 2.45) is 5.92 Å². The van der Waals surface area contributed by atoms with Crippen LogP contribution in [0.2, 0.25) is 0 Å². The van der Waals surface area contributed by atoms with E-state index in [-0.39, 0.29) is 6.04 Å². The number of hydrogen-bond acceptors (Lipinski definition) is 4. The van der Waals surface area contributed by atoms with Gasteiger partial charge in [-0.3, -0.25) is 0 Å². The van der Waals surface area contributed by atoms with E-state index in [9.17, 15) is 8.42 Å². The summed E-state index contributed by atoms with van der Waals surface area (Å²) >= 11 is 0. The molecule has 0 amide bonds. The summed E-state index contributed by atoms with van der Waals surface area (Å²) in [5, 5.41) is 3.38. The van der Waals surface area contributed by atoms with Crippen LogP contribution < -0.4 is 10.0 Å². The van der Waals surface area contributed by atoms with Crippen LogP contribution in [0, 0.1) is 5.92 Å². The Morgan fingerprint density at radius 3 is 2.67 bits per heavy atom. The van der Waals surface area contributed by atoms with E-state index in [1.165, 1.54) is 19.1 Å². The van der Waals surface area contributed by atoms with Crippen LogP contribution in [-0.2, 0) is 10.0 Å². The van der Waals surface area contributed by atoms with E-state index >= 15 is 0 Å². The molecule has 1 unspecified atom stereocenters. The fourth-order valence-corrected chi connectivity index (χ4v) is 3.85. The number of nitrogens with zero attached hydrogens (tertiary/aromatic N) is 1. The summed E-state index contributed by atoms with van der Waals surface area (Å²) in [6, 6.07) is 0.107. The van der Waals surface area contributed by atoms with Crippen LogP contribution in [0.25, 0.3) is 0 Å². The van der Waals surface area contributed by atoms with Gasteiger partial charge in [-0.2, -0.15) is 0 Å². The third-order valence-corrected chi connectivity index (χ3v) is 4.62. The monoisotopic (exact) mass is 275 g/mol. The molecule has 2 aliphatic rings. The quantitative estimate of drug-likeness (QED) is 0.758. The van der Waals surface area contributed by atoms with Crippen LogP contribution in [0.1, 0.15) is 25.7 Å². The second-order valence-electron chi connectivity index (χ2n) is 5.68. The van der Waals surface area contributed by atoms with Gasteiger partial charge in [0.1, 0.15) is 0 Å². The molecule has 0 aromatic rings. The van der Waals surface area contributed by atoms with Gasteiger partial charge in [0.05, 0.1) is 6.26 Å². The van der Waals surface area contributed by atoms with E-state index in [2.05, 4.69) is 14.9 Å². The minimum absolute atomic E-state index is 0.107. The smallest absolute Gasteiger partial charge is 0.208 e. The first-order chi connectivity index (χ1) is 8.53. The predicted molar refractivity (Wildman–Crippen MR) is 73.0 cm³/mol. The van der Waals surface area contributed by atoms with Crippen LogP contribution in [0.3, 0.4) is 0 Å². The summed E-state index contributed by atoms with van der Waals surface area (Å²) in [7, 11) is -3.07. The summed E-state index contributed by atoms with van der Waals surface area (Å²) in [6.45, 7) is 5.37. The molecule has 2 rings (SSSR count). The van der Waals surface area contributed by atoms with Crippen molar-refractivity contribution in [3.05, 3.63) is 0 Å². The van der Waals surface area contributed by atoms with E-state index in [4.69, 9.17) is 0 Å². The molecule has 18 heavy (non-hydrogen) atoms. The zero-order valence-electron chi connectivity index (χ0n) is 11.2. The Hall–Kier alpha value is -0.170. The van der Waals surface area contributed by atoms with Crippen molar-refractivity contribution in [1.29, 1.82) is 0 Å². The lowest BCUT2D eigenvalue weighted by molar-refractivity contribution is 0.160. The number of likely N-dealkylation sites (tertiary alicyclic amines) is 1. The number of hydrogen-bond donors (Lipinski definition) is 2. The molecule has 0 bridgehead atoms. The van der Waals surface area contributed by atoms with Crippen LogP contribution >= 0.6 is 0 Å². The first-order valence-corrected chi connectivity index (χ1v) is 8.82.